The Balaban J connectivity index is 1.98. The Kier molecular flexibility index (Phi) is 2.59. The van der Waals surface area contributed by atoms with E-state index >= 15 is 0 Å². The van der Waals surface area contributed by atoms with Crippen molar-refractivity contribution in [2.75, 3.05) is 0 Å². The highest BCUT2D eigenvalue weighted by Crippen LogP contribution is 2.15. The molecular weight excluding hydrogens is 222 g/mol. The zero-order valence-electron chi connectivity index (χ0n) is 10.6. The highest BCUT2D eigenvalue weighted by Gasteiger charge is 2.06. The van der Waals surface area contributed by atoms with E-state index in [1.807, 2.05) is 6.07 Å². The van der Waals surface area contributed by atoms with Crippen molar-refractivity contribution in [3.63, 3.8) is 0 Å². The first-order valence-corrected chi connectivity index (χ1v) is 6.08. The van der Waals surface area contributed by atoms with Crippen molar-refractivity contribution in [3.8, 4) is 0 Å². The van der Waals surface area contributed by atoms with Gasteiger partial charge in [-0.15, -0.1) is 0 Å². The highest BCUT2D eigenvalue weighted by molar-refractivity contribution is 5.74. The summed E-state index contributed by atoms with van der Waals surface area (Å²) in [6, 6.07) is 10.5. The molecule has 3 heteroatoms. The van der Waals surface area contributed by atoms with E-state index in [9.17, 15) is 0 Å². The molecule has 1 aromatic carbocycles. The van der Waals surface area contributed by atoms with Crippen LogP contribution in [0.1, 0.15) is 22.5 Å². The van der Waals surface area contributed by atoms with Crippen molar-refractivity contribution in [3.05, 3.63) is 59.0 Å². The molecule has 0 saturated heterocycles. The van der Waals surface area contributed by atoms with Crippen LogP contribution in [0.4, 0.5) is 0 Å². The summed E-state index contributed by atoms with van der Waals surface area (Å²) < 4.78 is 0. The molecule has 18 heavy (non-hydrogen) atoms. The number of pyridine rings is 1. The number of benzene rings is 1. The Morgan fingerprint density at radius 1 is 1.17 bits per heavy atom. The molecule has 0 aliphatic carbocycles. The van der Waals surface area contributed by atoms with Crippen molar-refractivity contribution in [1.82, 2.24) is 15.0 Å². The first-order chi connectivity index (χ1) is 8.72. The third-order valence-corrected chi connectivity index (χ3v) is 3.10. The monoisotopic (exact) mass is 237 g/mol. The topological polar surface area (TPSA) is 41.6 Å². The van der Waals surface area contributed by atoms with Crippen molar-refractivity contribution in [2.24, 2.45) is 0 Å². The Hall–Kier alpha value is -2.16. The number of hydrogen-bond acceptors (Lipinski definition) is 2. The second-order valence-electron chi connectivity index (χ2n) is 4.68. The second kappa shape index (κ2) is 4.26. The van der Waals surface area contributed by atoms with Crippen LogP contribution in [0.15, 0.2) is 36.5 Å². The molecule has 0 fully saturated rings. The van der Waals surface area contributed by atoms with Crippen LogP contribution in [0.5, 0.6) is 0 Å². The smallest absolute Gasteiger partial charge is 0.177 e. The molecule has 3 aromatic rings. The summed E-state index contributed by atoms with van der Waals surface area (Å²) in [5.41, 5.74) is 5.57. The molecule has 0 aliphatic heterocycles. The van der Waals surface area contributed by atoms with Gasteiger partial charge in [0.05, 0.1) is 5.52 Å². The van der Waals surface area contributed by atoms with Crippen LogP contribution in [0.3, 0.4) is 0 Å². The first-order valence-electron chi connectivity index (χ1n) is 6.08. The zero-order chi connectivity index (χ0) is 12.5. The minimum Gasteiger partial charge on any atom is -0.340 e. The SMILES string of the molecule is Cc1cccc(Cc2nc3nccc(C)c3[nH]2)c1. The van der Waals surface area contributed by atoms with E-state index in [-0.39, 0.29) is 0 Å². The summed E-state index contributed by atoms with van der Waals surface area (Å²) in [6.07, 6.45) is 2.62. The minimum atomic E-state index is 0.803. The lowest BCUT2D eigenvalue weighted by Gasteiger charge is -1.99. The van der Waals surface area contributed by atoms with Crippen LogP contribution < -0.4 is 0 Å². The van der Waals surface area contributed by atoms with Crippen molar-refractivity contribution in [2.45, 2.75) is 20.3 Å². The summed E-state index contributed by atoms with van der Waals surface area (Å²) in [4.78, 5) is 12.2. The van der Waals surface area contributed by atoms with Crippen molar-refractivity contribution >= 4 is 11.2 Å². The van der Waals surface area contributed by atoms with Crippen LogP contribution in [-0.2, 0) is 6.42 Å². The van der Waals surface area contributed by atoms with Gasteiger partial charge in [-0.2, -0.15) is 0 Å². The van der Waals surface area contributed by atoms with Crippen LogP contribution in [0, 0.1) is 13.8 Å². The van der Waals surface area contributed by atoms with E-state index in [0.717, 1.165) is 23.4 Å². The third-order valence-electron chi connectivity index (χ3n) is 3.10. The molecule has 0 amide bonds. The fourth-order valence-electron chi connectivity index (χ4n) is 2.18. The second-order valence-corrected chi connectivity index (χ2v) is 4.68. The van der Waals surface area contributed by atoms with Gasteiger partial charge >= 0.3 is 0 Å². The number of aromatic amines is 1. The van der Waals surface area contributed by atoms with Gasteiger partial charge in [-0.3, -0.25) is 0 Å². The molecule has 90 valence electrons. The van der Waals surface area contributed by atoms with E-state index in [2.05, 4.69) is 53.1 Å². The molecular formula is C15H15N3. The molecule has 3 rings (SSSR count). The van der Waals surface area contributed by atoms with Gasteiger partial charge in [0.15, 0.2) is 5.65 Å². The summed E-state index contributed by atoms with van der Waals surface area (Å²) >= 11 is 0. The van der Waals surface area contributed by atoms with Gasteiger partial charge in [-0.1, -0.05) is 29.8 Å². The van der Waals surface area contributed by atoms with Crippen LogP contribution >= 0.6 is 0 Å². The maximum atomic E-state index is 4.53. The largest absolute Gasteiger partial charge is 0.340 e. The van der Waals surface area contributed by atoms with E-state index in [1.54, 1.807) is 6.20 Å². The van der Waals surface area contributed by atoms with E-state index in [0.29, 0.717) is 0 Å². The maximum absolute atomic E-state index is 4.53. The number of nitrogens with zero attached hydrogens (tertiary/aromatic N) is 2. The molecule has 3 nitrogen and oxygen atoms in total. The lowest BCUT2D eigenvalue weighted by atomic mass is 10.1. The van der Waals surface area contributed by atoms with Crippen LogP contribution in [0.2, 0.25) is 0 Å². The normalized spacial score (nSPS) is 11.0. The molecule has 2 heterocycles. The van der Waals surface area contributed by atoms with E-state index < -0.39 is 0 Å². The summed E-state index contributed by atoms with van der Waals surface area (Å²) in [5.74, 6) is 0.970. The highest BCUT2D eigenvalue weighted by atomic mass is 15.0. The zero-order valence-corrected chi connectivity index (χ0v) is 10.6. The van der Waals surface area contributed by atoms with Gasteiger partial charge in [-0.05, 0) is 31.0 Å². The number of rotatable bonds is 2. The van der Waals surface area contributed by atoms with Gasteiger partial charge < -0.3 is 4.98 Å². The number of hydrogen-bond donors (Lipinski definition) is 1. The molecule has 0 unspecified atom stereocenters. The van der Waals surface area contributed by atoms with Crippen molar-refractivity contribution in [1.29, 1.82) is 0 Å². The number of H-pyrrole nitrogens is 1. The lowest BCUT2D eigenvalue weighted by Crippen LogP contribution is -1.90. The maximum Gasteiger partial charge on any atom is 0.177 e. The predicted molar refractivity (Wildman–Crippen MR) is 72.6 cm³/mol. The Labute approximate surface area is 106 Å². The number of aromatic nitrogens is 3. The molecule has 0 bridgehead atoms. The molecule has 0 atom stereocenters. The summed E-state index contributed by atoms with van der Waals surface area (Å²) in [7, 11) is 0. The molecule has 0 spiro atoms. The number of imidazole rings is 1. The van der Waals surface area contributed by atoms with E-state index in [1.165, 1.54) is 16.7 Å². The fraction of sp³-hybridized carbons (Fsp3) is 0.200. The third kappa shape index (κ3) is 1.99. The standard InChI is InChI=1S/C15H15N3/c1-10-4-3-5-12(8-10)9-13-17-14-11(2)6-7-16-15(14)18-13/h3-8H,9H2,1-2H3,(H,16,17,18). The van der Waals surface area contributed by atoms with Crippen LogP contribution in [-0.4, -0.2) is 15.0 Å². The molecule has 0 saturated carbocycles. The minimum absolute atomic E-state index is 0.803. The number of nitrogens with one attached hydrogen (secondary N) is 1. The van der Waals surface area contributed by atoms with Crippen LogP contribution in [0.25, 0.3) is 11.2 Å². The van der Waals surface area contributed by atoms with Gasteiger partial charge in [0.1, 0.15) is 5.82 Å². The quantitative estimate of drug-likeness (QED) is 0.743. The Morgan fingerprint density at radius 2 is 2.06 bits per heavy atom. The van der Waals surface area contributed by atoms with Gasteiger partial charge in [-0.25, -0.2) is 9.97 Å². The van der Waals surface area contributed by atoms with Gasteiger partial charge in [0.2, 0.25) is 0 Å². The first kappa shape index (κ1) is 11.0. The van der Waals surface area contributed by atoms with E-state index in [4.69, 9.17) is 0 Å². The number of fused-ring (bicyclic) bond motifs is 1. The van der Waals surface area contributed by atoms with Gasteiger partial charge in [0, 0.05) is 12.6 Å². The average Bonchev–Trinajstić information content (AvgIpc) is 2.73. The summed E-state index contributed by atoms with van der Waals surface area (Å²) in [5, 5.41) is 0. The predicted octanol–water partition coefficient (Wildman–Crippen LogP) is 3.17. The molecule has 0 aliphatic rings. The summed E-state index contributed by atoms with van der Waals surface area (Å²) in [6.45, 7) is 4.17. The van der Waals surface area contributed by atoms with Gasteiger partial charge in [0.25, 0.3) is 0 Å². The Bertz CT molecular complexity index is 698. The molecule has 2 aromatic heterocycles. The lowest BCUT2D eigenvalue weighted by molar-refractivity contribution is 1.03. The number of aryl methyl sites for hydroxylation is 2. The average molecular weight is 237 g/mol. The molecule has 0 radical (unpaired) electrons. The fourth-order valence-corrected chi connectivity index (χ4v) is 2.18. The molecule has 1 N–H and O–H groups in total. The Morgan fingerprint density at radius 3 is 2.83 bits per heavy atom. The van der Waals surface area contributed by atoms with Crippen molar-refractivity contribution < 1.29 is 0 Å².